The third kappa shape index (κ3) is 3.76. The van der Waals surface area contributed by atoms with Crippen molar-refractivity contribution in [2.45, 2.75) is 52.1 Å². The van der Waals surface area contributed by atoms with Crippen LogP contribution in [0.25, 0.3) is 11.6 Å². The zero-order valence-corrected chi connectivity index (χ0v) is 16.8. The van der Waals surface area contributed by atoms with Crippen molar-refractivity contribution >= 4 is 6.03 Å². The number of nitrogens with one attached hydrogen (secondary N) is 1. The summed E-state index contributed by atoms with van der Waals surface area (Å²) < 4.78 is 12.7. The van der Waals surface area contributed by atoms with Crippen LogP contribution < -0.4 is 5.32 Å². The van der Waals surface area contributed by atoms with Gasteiger partial charge in [0.25, 0.3) is 5.89 Å². The topological polar surface area (TPSA) is 98.3 Å². The number of ether oxygens (including phenoxy) is 1. The highest BCUT2D eigenvalue weighted by Gasteiger charge is 2.32. The molecule has 0 bridgehead atoms. The number of hydrogen-bond acceptors (Lipinski definition) is 6. The van der Waals surface area contributed by atoms with Crippen LogP contribution in [-0.4, -0.2) is 50.6 Å². The lowest BCUT2D eigenvalue weighted by atomic mass is 10.00. The van der Waals surface area contributed by atoms with E-state index in [-0.39, 0.29) is 11.9 Å². The smallest absolute Gasteiger partial charge is 0.318 e. The molecule has 0 saturated carbocycles. The Kier molecular flexibility index (Phi) is 5.34. The summed E-state index contributed by atoms with van der Waals surface area (Å²) in [6, 6.07) is -0.0452. The van der Waals surface area contributed by atoms with Crippen LogP contribution in [0.15, 0.2) is 4.52 Å². The lowest BCUT2D eigenvalue weighted by molar-refractivity contribution is 0.0830. The number of hydrogen-bond donors (Lipinski definition) is 1. The second-order valence-electron chi connectivity index (χ2n) is 8.01. The zero-order valence-electron chi connectivity index (χ0n) is 16.8. The van der Waals surface area contributed by atoms with Gasteiger partial charge in [-0.15, -0.1) is 0 Å². The quantitative estimate of drug-likeness (QED) is 0.845. The van der Waals surface area contributed by atoms with E-state index in [1.807, 2.05) is 11.7 Å². The maximum absolute atomic E-state index is 12.5. The van der Waals surface area contributed by atoms with Gasteiger partial charge >= 0.3 is 6.03 Å². The van der Waals surface area contributed by atoms with E-state index < -0.39 is 0 Å². The molecule has 152 valence electrons. The molecule has 2 aromatic heterocycles. The van der Waals surface area contributed by atoms with E-state index in [1.165, 1.54) is 0 Å². The maximum atomic E-state index is 12.5. The van der Waals surface area contributed by atoms with Crippen molar-refractivity contribution in [1.82, 2.24) is 30.1 Å². The predicted molar refractivity (Wildman–Crippen MR) is 101 cm³/mol. The van der Waals surface area contributed by atoms with E-state index >= 15 is 0 Å². The standard InChI is InChI=1S/C19H28N6O3/c1-12(2)4-7-20-19(26)25-10-14-15(11-25)24(3)22-16(14)18-21-17(23-28-18)13-5-8-27-9-6-13/h12-13H,4-11H2,1-3H3,(H,20,26). The molecule has 2 aromatic rings. The molecule has 1 N–H and O–H groups in total. The molecule has 0 radical (unpaired) electrons. The molecule has 4 rings (SSSR count). The summed E-state index contributed by atoms with van der Waals surface area (Å²) in [7, 11) is 1.89. The van der Waals surface area contributed by atoms with Gasteiger partial charge in [0.05, 0.1) is 18.8 Å². The zero-order chi connectivity index (χ0) is 19.7. The average molecular weight is 388 g/mol. The monoisotopic (exact) mass is 388 g/mol. The number of rotatable bonds is 5. The first kappa shape index (κ1) is 18.9. The van der Waals surface area contributed by atoms with Gasteiger partial charge in [-0.3, -0.25) is 4.68 Å². The van der Waals surface area contributed by atoms with E-state index in [9.17, 15) is 4.79 Å². The molecule has 0 atom stereocenters. The first-order valence-corrected chi connectivity index (χ1v) is 10.0. The molecule has 0 spiro atoms. The fraction of sp³-hybridized carbons (Fsp3) is 0.684. The van der Waals surface area contributed by atoms with Gasteiger partial charge in [0.2, 0.25) is 0 Å². The van der Waals surface area contributed by atoms with Crippen LogP contribution in [0.4, 0.5) is 4.79 Å². The second-order valence-corrected chi connectivity index (χ2v) is 8.01. The number of amides is 2. The van der Waals surface area contributed by atoms with Crippen molar-refractivity contribution in [3.63, 3.8) is 0 Å². The van der Waals surface area contributed by atoms with Crippen molar-refractivity contribution < 1.29 is 14.1 Å². The second kappa shape index (κ2) is 7.90. The highest BCUT2D eigenvalue weighted by molar-refractivity contribution is 5.75. The van der Waals surface area contributed by atoms with E-state index in [4.69, 9.17) is 9.26 Å². The number of aryl methyl sites for hydroxylation is 1. The first-order chi connectivity index (χ1) is 13.5. The molecule has 1 fully saturated rings. The van der Waals surface area contributed by atoms with Crippen LogP contribution in [0.5, 0.6) is 0 Å². The van der Waals surface area contributed by atoms with Crippen LogP contribution in [-0.2, 0) is 24.9 Å². The summed E-state index contributed by atoms with van der Waals surface area (Å²) >= 11 is 0. The number of fused-ring (bicyclic) bond motifs is 1. The van der Waals surface area contributed by atoms with Crippen LogP contribution in [0.3, 0.4) is 0 Å². The molecule has 1 saturated heterocycles. The number of carbonyl (C=O) groups is 1. The molecule has 2 aliphatic rings. The SMILES string of the molecule is CC(C)CCNC(=O)N1Cc2c(-c3nc(C4CCOCC4)no3)nn(C)c2C1. The molecule has 2 aliphatic heterocycles. The average Bonchev–Trinajstić information content (AvgIpc) is 3.39. The molecular weight excluding hydrogens is 360 g/mol. The maximum Gasteiger partial charge on any atom is 0.318 e. The fourth-order valence-electron chi connectivity index (χ4n) is 3.74. The lowest BCUT2D eigenvalue weighted by Crippen LogP contribution is -2.37. The Morgan fingerprint density at radius 2 is 2.07 bits per heavy atom. The van der Waals surface area contributed by atoms with Crippen LogP contribution >= 0.6 is 0 Å². The molecule has 4 heterocycles. The lowest BCUT2D eigenvalue weighted by Gasteiger charge is -2.18. The Bertz CT molecular complexity index is 837. The van der Waals surface area contributed by atoms with Gasteiger partial charge in [0, 0.05) is 38.3 Å². The molecule has 9 heteroatoms. The van der Waals surface area contributed by atoms with Crippen molar-refractivity contribution in [1.29, 1.82) is 0 Å². The summed E-state index contributed by atoms with van der Waals surface area (Å²) in [5.41, 5.74) is 2.68. The Balaban J connectivity index is 1.47. The normalized spacial score (nSPS) is 17.4. The third-order valence-electron chi connectivity index (χ3n) is 5.48. The minimum absolute atomic E-state index is 0.0452. The van der Waals surface area contributed by atoms with Crippen LogP contribution in [0.2, 0.25) is 0 Å². The summed E-state index contributed by atoms with van der Waals surface area (Å²) in [6.45, 7) is 7.48. The largest absolute Gasteiger partial charge is 0.381 e. The summed E-state index contributed by atoms with van der Waals surface area (Å²) in [5.74, 6) is 1.99. The van der Waals surface area contributed by atoms with Crippen LogP contribution in [0.1, 0.15) is 56.1 Å². The highest BCUT2D eigenvalue weighted by Crippen LogP contribution is 2.33. The van der Waals surface area contributed by atoms with E-state index in [1.54, 1.807) is 4.90 Å². The van der Waals surface area contributed by atoms with Crippen LogP contribution in [0, 0.1) is 5.92 Å². The first-order valence-electron chi connectivity index (χ1n) is 10.0. The molecule has 28 heavy (non-hydrogen) atoms. The van der Waals surface area contributed by atoms with Gasteiger partial charge in [-0.05, 0) is 25.2 Å². The molecule has 0 unspecified atom stereocenters. The number of aromatic nitrogens is 4. The van der Waals surface area contributed by atoms with E-state index in [0.29, 0.717) is 37.1 Å². The summed E-state index contributed by atoms with van der Waals surface area (Å²) in [5, 5.41) is 11.8. The molecule has 0 aromatic carbocycles. The van der Waals surface area contributed by atoms with Gasteiger partial charge in [0.15, 0.2) is 11.5 Å². The van der Waals surface area contributed by atoms with E-state index in [2.05, 4.69) is 34.4 Å². The van der Waals surface area contributed by atoms with Gasteiger partial charge in [0.1, 0.15) is 0 Å². The van der Waals surface area contributed by atoms with Gasteiger partial charge in [-0.25, -0.2) is 4.79 Å². The minimum Gasteiger partial charge on any atom is -0.381 e. The summed E-state index contributed by atoms with van der Waals surface area (Å²) in [4.78, 5) is 18.9. The number of carbonyl (C=O) groups excluding carboxylic acids is 1. The van der Waals surface area contributed by atoms with Gasteiger partial charge < -0.3 is 19.5 Å². The van der Waals surface area contributed by atoms with Gasteiger partial charge in [-0.1, -0.05) is 19.0 Å². The Morgan fingerprint density at radius 3 is 2.82 bits per heavy atom. The number of urea groups is 1. The number of nitrogens with zero attached hydrogens (tertiary/aromatic N) is 5. The van der Waals surface area contributed by atoms with Crippen molar-refractivity contribution in [3.05, 3.63) is 17.1 Å². The Morgan fingerprint density at radius 1 is 1.29 bits per heavy atom. The highest BCUT2D eigenvalue weighted by atomic mass is 16.5. The predicted octanol–water partition coefficient (Wildman–Crippen LogP) is 2.44. The van der Waals surface area contributed by atoms with Crippen molar-refractivity contribution in [3.8, 4) is 11.6 Å². The van der Waals surface area contributed by atoms with E-state index in [0.717, 1.165) is 49.6 Å². The summed E-state index contributed by atoms with van der Waals surface area (Å²) in [6.07, 6.45) is 2.78. The molecule has 2 amide bonds. The Labute approximate surface area is 164 Å². The third-order valence-corrected chi connectivity index (χ3v) is 5.48. The minimum atomic E-state index is -0.0452. The molecule has 0 aliphatic carbocycles. The van der Waals surface area contributed by atoms with Crippen molar-refractivity contribution in [2.24, 2.45) is 13.0 Å². The van der Waals surface area contributed by atoms with Crippen molar-refractivity contribution in [2.75, 3.05) is 19.8 Å². The fourth-order valence-corrected chi connectivity index (χ4v) is 3.74. The Hall–Kier alpha value is -2.42. The van der Waals surface area contributed by atoms with Gasteiger partial charge in [-0.2, -0.15) is 10.1 Å². The molecular formula is C19H28N6O3. The molecule has 9 nitrogen and oxygen atoms in total.